The third-order valence-electron chi connectivity index (χ3n) is 5.06. The fourth-order valence-corrected chi connectivity index (χ4v) is 3.85. The lowest BCUT2D eigenvalue weighted by Gasteiger charge is -2.35. The average molecular weight is 254 g/mol. The summed E-state index contributed by atoms with van der Waals surface area (Å²) in [6, 6.07) is 0. The van der Waals surface area contributed by atoms with Crippen LogP contribution in [0.4, 0.5) is 0 Å². The van der Waals surface area contributed by atoms with Gasteiger partial charge in [0.1, 0.15) is 0 Å². The maximum absolute atomic E-state index is 9.03. The van der Waals surface area contributed by atoms with E-state index in [0.29, 0.717) is 12.0 Å². The fraction of sp³-hybridized carbons (Fsp3) is 1.00. The summed E-state index contributed by atoms with van der Waals surface area (Å²) in [6.45, 7) is 4.80. The zero-order chi connectivity index (χ0) is 12.8. The van der Waals surface area contributed by atoms with Gasteiger partial charge in [0.2, 0.25) is 0 Å². The molecule has 0 amide bonds. The molecule has 1 aliphatic heterocycles. The largest absolute Gasteiger partial charge is 0.396 e. The average Bonchev–Trinajstić information content (AvgIpc) is 2.67. The normalized spacial score (nSPS) is 29.3. The molecule has 3 heteroatoms. The van der Waals surface area contributed by atoms with Gasteiger partial charge in [0, 0.05) is 19.7 Å². The molecule has 3 nitrogen and oxygen atoms in total. The van der Waals surface area contributed by atoms with Gasteiger partial charge < -0.3 is 15.7 Å². The number of nitrogens with zero attached hydrogens (tertiary/aromatic N) is 1. The van der Waals surface area contributed by atoms with Gasteiger partial charge >= 0.3 is 0 Å². The monoisotopic (exact) mass is 254 g/mol. The van der Waals surface area contributed by atoms with Crippen molar-refractivity contribution in [2.24, 2.45) is 17.1 Å². The number of rotatable bonds is 5. The standard InChI is InChI=1S/C15H30N2O/c16-12-15(7-3-1-2-4-8-15)13-17-9-5-14(11-17)6-10-18/h14,18H,1-13,16H2. The van der Waals surface area contributed by atoms with E-state index in [2.05, 4.69) is 4.90 Å². The van der Waals surface area contributed by atoms with Crippen molar-refractivity contribution in [3.8, 4) is 0 Å². The number of likely N-dealkylation sites (tertiary alicyclic amines) is 1. The first kappa shape index (κ1) is 14.3. The molecule has 3 N–H and O–H groups in total. The maximum atomic E-state index is 9.03. The molecule has 2 aliphatic rings. The molecule has 1 atom stereocenters. The van der Waals surface area contributed by atoms with Crippen LogP contribution >= 0.6 is 0 Å². The third kappa shape index (κ3) is 3.69. The first-order valence-corrected chi connectivity index (χ1v) is 7.81. The Morgan fingerprint density at radius 3 is 2.50 bits per heavy atom. The molecule has 2 fully saturated rings. The molecule has 1 saturated heterocycles. The number of hydrogen-bond acceptors (Lipinski definition) is 3. The Morgan fingerprint density at radius 1 is 1.17 bits per heavy atom. The number of aliphatic hydroxyl groups excluding tert-OH is 1. The summed E-state index contributed by atoms with van der Waals surface area (Å²) in [4.78, 5) is 2.61. The van der Waals surface area contributed by atoms with Crippen molar-refractivity contribution in [3.05, 3.63) is 0 Å². The van der Waals surface area contributed by atoms with Crippen molar-refractivity contribution >= 4 is 0 Å². The molecule has 1 heterocycles. The van der Waals surface area contributed by atoms with E-state index in [-0.39, 0.29) is 0 Å². The summed E-state index contributed by atoms with van der Waals surface area (Å²) < 4.78 is 0. The summed E-state index contributed by atoms with van der Waals surface area (Å²) >= 11 is 0. The highest BCUT2D eigenvalue weighted by molar-refractivity contribution is 4.88. The molecule has 0 radical (unpaired) electrons. The van der Waals surface area contributed by atoms with Gasteiger partial charge in [0.25, 0.3) is 0 Å². The molecule has 1 saturated carbocycles. The zero-order valence-corrected chi connectivity index (χ0v) is 11.7. The van der Waals surface area contributed by atoms with Gasteiger partial charge in [-0.05, 0) is 50.1 Å². The predicted molar refractivity (Wildman–Crippen MR) is 75.4 cm³/mol. The summed E-state index contributed by atoms with van der Waals surface area (Å²) in [6.07, 6.45) is 10.4. The molecular formula is C15H30N2O. The summed E-state index contributed by atoms with van der Waals surface area (Å²) in [5.74, 6) is 0.718. The van der Waals surface area contributed by atoms with E-state index in [1.165, 1.54) is 64.6 Å². The van der Waals surface area contributed by atoms with Crippen molar-refractivity contribution in [2.75, 3.05) is 32.8 Å². The minimum absolute atomic E-state index is 0.348. The van der Waals surface area contributed by atoms with Gasteiger partial charge in [-0.1, -0.05) is 25.7 Å². The van der Waals surface area contributed by atoms with Gasteiger partial charge in [-0.15, -0.1) is 0 Å². The smallest absolute Gasteiger partial charge is 0.0434 e. The van der Waals surface area contributed by atoms with E-state index in [1.807, 2.05) is 0 Å². The van der Waals surface area contributed by atoms with Crippen LogP contribution in [0, 0.1) is 11.3 Å². The second kappa shape index (κ2) is 6.88. The van der Waals surface area contributed by atoms with Crippen LogP contribution in [0.25, 0.3) is 0 Å². The zero-order valence-electron chi connectivity index (χ0n) is 11.7. The van der Waals surface area contributed by atoms with Crippen LogP contribution < -0.4 is 5.73 Å². The van der Waals surface area contributed by atoms with E-state index in [9.17, 15) is 0 Å². The Hall–Kier alpha value is -0.120. The van der Waals surface area contributed by atoms with E-state index >= 15 is 0 Å². The third-order valence-corrected chi connectivity index (χ3v) is 5.06. The van der Waals surface area contributed by atoms with E-state index in [4.69, 9.17) is 10.8 Å². The Balaban J connectivity index is 1.86. The van der Waals surface area contributed by atoms with Crippen LogP contribution in [-0.4, -0.2) is 42.8 Å². The Bertz CT molecular complexity index is 237. The van der Waals surface area contributed by atoms with Crippen molar-refractivity contribution in [2.45, 2.75) is 51.4 Å². The van der Waals surface area contributed by atoms with Crippen LogP contribution in [0.2, 0.25) is 0 Å². The van der Waals surface area contributed by atoms with Gasteiger partial charge in [-0.25, -0.2) is 0 Å². The molecule has 106 valence electrons. The quantitative estimate of drug-likeness (QED) is 0.738. The SMILES string of the molecule is NCC1(CN2CCC(CCO)C2)CCCCCC1. The van der Waals surface area contributed by atoms with Gasteiger partial charge in [0.15, 0.2) is 0 Å². The molecule has 0 bridgehead atoms. The van der Waals surface area contributed by atoms with Crippen LogP contribution in [0.1, 0.15) is 51.4 Å². The van der Waals surface area contributed by atoms with Gasteiger partial charge in [0.05, 0.1) is 0 Å². The number of aliphatic hydroxyl groups is 1. The van der Waals surface area contributed by atoms with Crippen LogP contribution in [0.5, 0.6) is 0 Å². The Labute approximate surface area is 112 Å². The highest BCUT2D eigenvalue weighted by atomic mass is 16.3. The molecule has 1 unspecified atom stereocenters. The van der Waals surface area contributed by atoms with Crippen molar-refractivity contribution in [1.82, 2.24) is 4.90 Å². The molecule has 0 aromatic carbocycles. The highest BCUT2D eigenvalue weighted by Crippen LogP contribution is 2.36. The van der Waals surface area contributed by atoms with Crippen LogP contribution in [0.15, 0.2) is 0 Å². The first-order valence-electron chi connectivity index (χ1n) is 7.81. The van der Waals surface area contributed by atoms with Crippen molar-refractivity contribution in [3.63, 3.8) is 0 Å². The minimum atomic E-state index is 0.348. The number of hydrogen-bond donors (Lipinski definition) is 2. The van der Waals surface area contributed by atoms with Crippen LogP contribution in [0.3, 0.4) is 0 Å². The van der Waals surface area contributed by atoms with Gasteiger partial charge in [-0.2, -0.15) is 0 Å². The summed E-state index contributed by atoms with van der Waals surface area (Å²) in [7, 11) is 0. The molecule has 0 aromatic rings. The van der Waals surface area contributed by atoms with Crippen LogP contribution in [-0.2, 0) is 0 Å². The number of nitrogens with two attached hydrogens (primary N) is 1. The molecule has 18 heavy (non-hydrogen) atoms. The highest BCUT2D eigenvalue weighted by Gasteiger charge is 2.34. The fourth-order valence-electron chi connectivity index (χ4n) is 3.85. The van der Waals surface area contributed by atoms with E-state index < -0.39 is 0 Å². The second-order valence-corrected chi connectivity index (χ2v) is 6.52. The summed E-state index contributed by atoms with van der Waals surface area (Å²) in [5, 5.41) is 9.03. The first-order chi connectivity index (χ1) is 8.78. The molecule has 0 aromatic heterocycles. The Kier molecular flexibility index (Phi) is 5.46. The molecular weight excluding hydrogens is 224 g/mol. The topological polar surface area (TPSA) is 49.5 Å². The van der Waals surface area contributed by atoms with Crippen molar-refractivity contribution < 1.29 is 5.11 Å². The second-order valence-electron chi connectivity index (χ2n) is 6.52. The lowest BCUT2D eigenvalue weighted by Crippen LogP contribution is -2.41. The molecule has 0 spiro atoms. The van der Waals surface area contributed by atoms with Crippen molar-refractivity contribution in [1.29, 1.82) is 0 Å². The van der Waals surface area contributed by atoms with E-state index in [0.717, 1.165) is 18.9 Å². The minimum Gasteiger partial charge on any atom is -0.396 e. The van der Waals surface area contributed by atoms with Gasteiger partial charge in [-0.3, -0.25) is 0 Å². The maximum Gasteiger partial charge on any atom is 0.0434 e. The summed E-state index contributed by atoms with van der Waals surface area (Å²) in [5.41, 5.74) is 6.51. The lowest BCUT2D eigenvalue weighted by molar-refractivity contribution is 0.151. The predicted octanol–water partition coefficient (Wildman–Crippen LogP) is 1.99. The molecule has 2 rings (SSSR count). The Morgan fingerprint density at radius 2 is 1.89 bits per heavy atom. The molecule has 1 aliphatic carbocycles. The lowest BCUT2D eigenvalue weighted by atomic mass is 9.80. The van der Waals surface area contributed by atoms with E-state index in [1.54, 1.807) is 0 Å².